The van der Waals surface area contributed by atoms with E-state index in [0.29, 0.717) is 25.2 Å². The number of nitrogens with zero attached hydrogens (tertiary/aromatic N) is 2. The van der Waals surface area contributed by atoms with Gasteiger partial charge in [0, 0.05) is 37.1 Å². The van der Waals surface area contributed by atoms with E-state index < -0.39 is 0 Å². The third-order valence-corrected chi connectivity index (χ3v) is 5.14. The van der Waals surface area contributed by atoms with Gasteiger partial charge in [0.05, 0.1) is 18.7 Å². The van der Waals surface area contributed by atoms with Crippen LogP contribution < -0.4 is 0 Å². The molecule has 0 radical (unpaired) electrons. The number of rotatable bonds is 5. The molecule has 1 aliphatic heterocycles. The van der Waals surface area contributed by atoms with Crippen molar-refractivity contribution in [3.63, 3.8) is 0 Å². The van der Waals surface area contributed by atoms with E-state index in [9.17, 15) is 9.18 Å². The Bertz CT molecular complexity index is 965. The van der Waals surface area contributed by atoms with E-state index in [1.165, 1.54) is 11.8 Å². The summed E-state index contributed by atoms with van der Waals surface area (Å²) in [5.41, 5.74) is 4.09. The van der Waals surface area contributed by atoms with Crippen LogP contribution in [0.2, 0.25) is 0 Å². The number of ether oxygens (including phenoxy) is 1. The van der Waals surface area contributed by atoms with Gasteiger partial charge >= 0.3 is 5.97 Å². The average Bonchev–Trinajstić information content (AvgIpc) is 2.97. The van der Waals surface area contributed by atoms with Gasteiger partial charge in [-0.15, -0.1) is 0 Å². The van der Waals surface area contributed by atoms with Gasteiger partial charge in [-0.1, -0.05) is 42.5 Å². The molecule has 1 aliphatic rings. The van der Waals surface area contributed by atoms with Gasteiger partial charge in [0.2, 0.25) is 0 Å². The van der Waals surface area contributed by atoms with Crippen molar-refractivity contribution < 1.29 is 13.9 Å². The lowest BCUT2D eigenvalue weighted by atomic mass is 10.0. The first-order valence-corrected chi connectivity index (χ1v) is 9.37. The number of fused-ring (bicyclic) bond motifs is 3. The van der Waals surface area contributed by atoms with Gasteiger partial charge in [-0.2, -0.15) is 0 Å². The Hall–Kier alpha value is -2.66. The van der Waals surface area contributed by atoms with Crippen LogP contribution in [0.5, 0.6) is 0 Å². The summed E-state index contributed by atoms with van der Waals surface area (Å²) in [7, 11) is 0. The smallest absolute Gasteiger partial charge is 0.320 e. The monoisotopic (exact) mass is 366 g/mol. The van der Waals surface area contributed by atoms with Crippen LogP contribution in [0.3, 0.4) is 0 Å². The highest BCUT2D eigenvalue weighted by atomic mass is 19.1. The van der Waals surface area contributed by atoms with Crippen LogP contribution in [0, 0.1) is 5.82 Å². The molecule has 2 aromatic carbocycles. The molecule has 5 heteroatoms. The highest BCUT2D eigenvalue weighted by Gasteiger charge is 2.26. The molecule has 2 heterocycles. The molecule has 0 N–H and O–H groups in total. The number of halogens is 1. The average molecular weight is 366 g/mol. The predicted molar refractivity (Wildman–Crippen MR) is 103 cm³/mol. The number of esters is 1. The number of hydrogen-bond donors (Lipinski definition) is 0. The number of carbonyl (C=O) groups is 1. The van der Waals surface area contributed by atoms with Crippen molar-refractivity contribution in [3.8, 4) is 0 Å². The van der Waals surface area contributed by atoms with E-state index in [0.717, 1.165) is 29.5 Å². The van der Waals surface area contributed by atoms with Crippen molar-refractivity contribution in [3.05, 3.63) is 71.2 Å². The third kappa shape index (κ3) is 3.47. The molecule has 140 valence electrons. The lowest BCUT2D eigenvalue weighted by molar-refractivity contribution is -0.144. The Labute approximate surface area is 158 Å². The van der Waals surface area contributed by atoms with Gasteiger partial charge in [0.25, 0.3) is 0 Å². The van der Waals surface area contributed by atoms with E-state index in [4.69, 9.17) is 4.74 Å². The van der Waals surface area contributed by atoms with Crippen LogP contribution in [0.25, 0.3) is 10.9 Å². The second-order valence-electron chi connectivity index (χ2n) is 6.90. The summed E-state index contributed by atoms with van der Waals surface area (Å²) in [5, 5.41) is 0.939. The van der Waals surface area contributed by atoms with Crippen molar-refractivity contribution >= 4 is 16.9 Å². The van der Waals surface area contributed by atoms with Crippen molar-refractivity contribution in [2.45, 2.75) is 26.4 Å². The second-order valence-corrected chi connectivity index (χ2v) is 6.90. The molecule has 0 saturated heterocycles. The Morgan fingerprint density at radius 1 is 1.15 bits per heavy atom. The predicted octanol–water partition coefficient (Wildman–Crippen LogP) is 3.75. The minimum Gasteiger partial charge on any atom is -0.465 e. The van der Waals surface area contributed by atoms with Crippen LogP contribution in [-0.4, -0.2) is 35.1 Å². The van der Waals surface area contributed by atoms with Crippen LogP contribution in [-0.2, 0) is 29.0 Å². The molecule has 27 heavy (non-hydrogen) atoms. The zero-order valence-electron chi connectivity index (χ0n) is 15.5. The molecule has 1 aromatic heterocycles. The molecule has 0 amide bonds. The zero-order valence-corrected chi connectivity index (χ0v) is 15.5. The molecule has 0 atom stereocenters. The van der Waals surface area contributed by atoms with Crippen LogP contribution in [0.15, 0.2) is 48.5 Å². The van der Waals surface area contributed by atoms with Crippen LogP contribution >= 0.6 is 0 Å². The fourth-order valence-corrected chi connectivity index (χ4v) is 3.98. The van der Waals surface area contributed by atoms with Gasteiger partial charge in [-0.05, 0) is 24.1 Å². The number of para-hydroxylation sites is 1. The normalized spacial score (nSPS) is 14.3. The van der Waals surface area contributed by atoms with Crippen molar-refractivity contribution in [1.29, 1.82) is 0 Å². The molecule has 0 bridgehead atoms. The lowest BCUT2D eigenvalue weighted by Gasteiger charge is -2.27. The van der Waals surface area contributed by atoms with E-state index in [2.05, 4.69) is 21.6 Å². The summed E-state index contributed by atoms with van der Waals surface area (Å²) in [6.07, 6.45) is 0.787. The number of carbonyl (C=O) groups excluding carboxylic acids is 1. The Morgan fingerprint density at radius 3 is 2.74 bits per heavy atom. The summed E-state index contributed by atoms with van der Waals surface area (Å²) in [5.74, 6) is -0.407. The largest absolute Gasteiger partial charge is 0.465 e. The van der Waals surface area contributed by atoms with Crippen molar-refractivity contribution in [2.24, 2.45) is 0 Å². The molecular formula is C22H23FN2O2. The van der Waals surface area contributed by atoms with E-state index in [1.807, 2.05) is 31.2 Å². The van der Waals surface area contributed by atoms with Gasteiger partial charge in [-0.25, -0.2) is 4.39 Å². The molecule has 0 saturated carbocycles. The molecule has 0 aliphatic carbocycles. The maximum atomic E-state index is 14.7. The zero-order chi connectivity index (χ0) is 18.8. The standard InChI is InChI=1S/C22H23FN2O2/c1-2-27-21(26)15-24-12-11-20-18(14-24)17-9-6-10-19(23)22(17)25(20)13-16-7-4-3-5-8-16/h3-10H,2,11-15H2,1H3. The minimum atomic E-state index is -0.208. The maximum absolute atomic E-state index is 14.7. The summed E-state index contributed by atoms with van der Waals surface area (Å²) in [6, 6.07) is 15.4. The minimum absolute atomic E-state index is 0.199. The number of benzene rings is 2. The number of aromatic nitrogens is 1. The summed E-state index contributed by atoms with van der Waals surface area (Å²) >= 11 is 0. The maximum Gasteiger partial charge on any atom is 0.320 e. The van der Waals surface area contributed by atoms with Crippen molar-refractivity contribution in [2.75, 3.05) is 19.7 Å². The highest BCUT2D eigenvalue weighted by Crippen LogP contribution is 2.33. The third-order valence-electron chi connectivity index (χ3n) is 5.14. The van der Waals surface area contributed by atoms with Gasteiger partial charge in [0.1, 0.15) is 5.82 Å². The number of hydrogen-bond acceptors (Lipinski definition) is 3. The fourth-order valence-electron chi connectivity index (χ4n) is 3.98. The van der Waals surface area contributed by atoms with Crippen LogP contribution in [0.4, 0.5) is 4.39 Å². The van der Waals surface area contributed by atoms with E-state index in [1.54, 1.807) is 6.07 Å². The molecule has 0 unspecified atom stereocenters. The lowest BCUT2D eigenvalue weighted by Crippen LogP contribution is -2.36. The summed E-state index contributed by atoms with van der Waals surface area (Å²) < 4.78 is 21.9. The Balaban J connectivity index is 1.72. The first-order chi connectivity index (χ1) is 13.2. The summed E-state index contributed by atoms with van der Waals surface area (Å²) in [6.45, 7) is 4.51. The topological polar surface area (TPSA) is 34.5 Å². The van der Waals surface area contributed by atoms with Crippen molar-refractivity contribution in [1.82, 2.24) is 9.47 Å². The second kappa shape index (κ2) is 7.53. The van der Waals surface area contributed by atoms with Gasteiger partial charge in [0.15, 0.2) is 0 Å². The molecule has 4 nitrogen and oxygen atoms in total. The molecule has 0 spiro atoms. The quantitative estimate of drug-likeness (QED) is 0.645. The first-order valence-electron chi connectivity index (χ1n) is 9.37. The fraction of sp³-hybridized carbons (Fsp3) is 0.318. The first kappa shape index (κ1) is 17.7. The Kier molecular flexibility index (Phi) is 4.94. The SMILES string of the molecule is CCOC(=O)CN1CCc2c(c3cccc(F)c3n2Cc2ccccc2)C1. The highest BCUT2D eigenvalue weighted by molar-refractivity contribution is 5.86. The molecular weight excluding hydrogens is 343 g/mol. The molecule has 4 rings (SSSR count). The van der Waals surface area contributed by atoms with Crippen LogP contribution in [0.1, 0.15) is 23.7 Å². The molecule has 3 aromatic rings. The Morgan fingerprint density at radius 2 is 1.96 bits per heavy atom. The molecule has 0 fully saturated rings. The van der Waals surface area contributed by atoms with E-state index >= 15 is 0 Å². The van der Waals surface area contributed by atoms with Gasteiger partial charge < -0.3 is 9.30 Å². The van der Waals surface area contributed by atoms with Gasteiger partial charge in [-0.3, -0.25) is 9.69 Å². The van der Waals surface area contributed by atoms with E-state index in [-0.39, 0.29) is 18.3 Å². The summed E-state index contributed by atoms with van der Waals surface area (Å²) in [4.78, 5) is 13.9.